The SMILES string of the molecule is CC(C)CC([B]O)NC(=O)C(CC(C)C)NC(=O)c1cnccn1. The molecule has 1 aromatic heterocycles. The van der Waals surface area contributed by atoms with Gasteiger partial charge in [0, 0.05) is 18.3 Å². The number of amides is 2. The van der Waals surface area contributed by atoms with Crippen LogP contribution >= 0.6 is 0 Å². The molecular formula is C16H26BN4O3. The van der Waals surface area contributed by atoms with E-state index >= 15 is 0 Å². The van der Waals surface area contributed by atoms with Gasteiger partial charge in [0.25, 0.3) is 5.91 Å². The van der Waals surface area contributed by atoms with E-state index in [-0.39, 0.29) is 17.5 Å². The Hall–Kier alpha value is -1.96. The van der Waals surface area contributed by atoms with E-state index in [1.165, 1.54) is 18.6 Å². The van der Waals surface area contributed by atoms with Crippen LogP contribution < -0.4 is 10.6 Å². The van der Waals surface area contributed by atoms with Crippen LogP contribution in [-0.2, 0) is 4.79 Å². The predicted molar refractivity (Wildman–Crippen MR) is 92.1 cm³/mol. The lowest BCUT2D eigenvalue weighted by Gasteiger charge is -2.24. The molecule has 0 aliphatic heterocycles. The molecule has 0 aliphatic carbocycles. The number of hydrogen-bond donors (Lipinski definition) is 3. The fourth-order valence-corrected chi connectivity index (χ4v) is 2.30. The number of carbonyl (C=O) groups is 2. The van der Waals surface area contributed by atoms with E-state index in [0.717, 1.165) is 7.48 Å². The molecule has 131 valence electrons. The molecule has 0 fully saturated rings. The maximum Gasteiger partial charge on any atom is 0.311 e. The fourth-order valence-electron chi connectivity index (χ4n) is 2.30. The van der Waals surface area contributed by atoms with Crippen molar-refractivity contribution in [1.82, 2.24) is 20.6 Å². The molecule has 0 bridgehead atoms. The summed E-state index contributed by atoms with van der Waals surface area (Å²) in [4.78, 5) is 32.5. The summed E-state index contributed by atoms with van der Waals surface area (Å²) >= 11 is 0. The Morgan fingerprint density at radius 1 is 1.12 bits per heavy atom. The summed E-state index contributed by atoms with van der Waals surface area (Å²) in [5.74, 6) is -0.684. The molecule has 0 saturated heterocycles. The first-order valence-electron chi connectivity index (χ1n) is 8.18. The third-order valence-corrected chi connectivity index (χ3v) is 3.36. The monoisotopic (exact) mass is 333 g/mol. The summed E-state index contributed by atoms with van der Waals surface area (Å²) in [6.45, 7) is 7.95. The highest BCUT2D eigenvalue weighted by Crippen LogP contribution is 2.08. The van der Waals surface area contributed by atoms with Crippen molar-refractivity contribution in [2.75, 3.05) is 0 Å². The number of hydrogen-bond acceptors (Lipinski definition) is 5. The van der Waals surface area contributed by atoms with Crippen molar-refractivity contribution in [1.29, 1.82) is 0 Å². The van der Waals surface area contributed by atoms with Crippen molar-refractivity contribution in [2.24, 2.45) is 11.8 Å². The van der Waals surface area contributed by atoms with Crippen LogP contribution in [-0.4, -0.2) is 46.3 Å². The number of carbonyl (C=O) groups excluding carboxylic acids is 2. The molecule has 1 heterocycles. The van der Waals surface area contributed by atoms with Crippen molar-refractivity contribution in [3.8, 4) is 0 Å². The lowest BCUT2D eigenvalue weighted by atomic mass is 9.82. The Morgan fingerprint density at radius 2 is 1.79 bits per heavy atom. The second-order valence-corrected chi connectivity index (χ2v) is 6.64. The number of aromatic nitrogens is 2. The maximum absolute atomic E-state index is 12.5. The zero-order valence-electron chi connectivity index (χ0n) is 14.7. The highest BCUT2D eigenvalue weighted by atomic mass is 16.2. The van der Waals surface area contributed by atoms with Crippen LogP contribution in [0.15, 0.2) is 18.6 Å². The van der Waals surface area contributed by atoms with E-state index in [1.54, 1.807) is 0 Å². The van der Waals surface area contributed by atoms with Gasteiger partial charge < -0.3 is 15.7 Å². The van der Waals surface area contributed by atoms with Gasteiger partial charge in [0.1, 0.15) is 11.7 Å². The maximum atomic E-state index is 12.5. The quantitative estimate of drug-likeness (QED) is 0.578. The normalized spacial score (nSPS) is 13.5. The molecule has 2 atom stereocenters. The van der Waals surface area contributed by atoms with Crippen LogP contribution in [0, 0.1) is 11.8 Å². The molecule has 2 amide bonds. The Morgan fingerprint density at radius 3 is 2.29 bits per heavy atom. The molecule has 0 saturated carbocycles. The number of nitrogens with zero attached hydrogens (tertiary/aromatic N) is 2. The first-order chi connectivity index (χ1) is 11.3. The van der Waals surface area contributed by atoms with Crippen LogP contribution in [0.3, 0.4) is 0 Å². The van der Waals surface area contributed by atoms with Gasteiger partial charge in [0.2, 0.25) is 5.91 Å². The number of rotatable bonds is 9. The van der Waals surface area contributed by atoms with Gasteiger partial charge in [-0.15, -0.1) is 0 Å². The van der Waals surface area contributed by atoms with Crippen LogP contribution in [0.1, 0.15) is 51.0 Å². The molecule has 3 N–H and O–H groups in total. The minimum absolute atomic E-state index is 0.159. The highest BCUT2D eigenvalue weighted by Gasteiger charge is 2.25. The molecule has 2 unspecified atom stereocenters. The first-order valence-corrected chi connectivity index (χ1v) is 8.18. The van der Waals surface area contributed by atoms with Gasteiger partial charge in [-0.25, -0.2) is 4.98 Å². The van der Waals surface area contributed by atoms with E-state index in [1.807, 2.05) is 27.7 Å². The van der Waals surface area contributed by atoms with E-state index in [0.29, 0.717) is 18.8 Å². The lowest BCUT2D eigenvalue weighted by Crippen LogP contribution is -2.52. The minimum Gasteiger partial charge on any atom is -0.452 e. The van der Waals surface area contributed by atoms with E-state index in [2.05, 4.69) is 20.6 Å². The molecule has 1 rings (SSSR count). The Kier molecular flexibility index (Phi) is 8.39. The van der Waals surface area contributed by atoms with Gasteiger partial charge in [-0.3, -0.25) is 14.6 Å². The largest absolute Gasteiger partial charge is 0.452 e. The van der Waals surface area contributed by atoms with Gasteiger partial charge in [0.15, 0.2) is 0 Å². The average molecular weight is 333 g/mol. The summed E-state index contributed by atoms with van der Waals surface area (Å²) in [6, 6.07) is -0.700. The zero-order valence-corrected chi connectivity index (χ0v) is 14.7. The third kappa shape index (κ3) is 7.08. The second kappa shape index (κ2) is 10.0. The smallest absolute Gasteiger partial charge is 0.311 e. The van der Waals surface area contributed by atoms with Crippen molar-refractivity contribution in [2.45, 2.75) is 52.5 Å². The molecule has 0 aromatic carbocycles. The lowest BCUT2D eigenvalue weighted by molar-refractivity contribution is -0.123. The topological polar surface area (TPSA) is 104 Å². The van der Waals surface area contributed by atoms with E-state index in [9.17, 15) is 14.6 Å². The summed E-state index contributed by atoms with van der Waals surface area (Å²) < 4.78 is 0. The van der Waals surface area contributed by atoms with Gasteiger partial charge in [0.05, 0.1) is 6.20 Å². The second-order valence-electron chi connectivity index (χ2n) is 6.64. The predicted octanol–water partition coefficient (Wildman–Crippen LogP) is 0.721. The third-order valence-electron chi connectivity index (χ3n) is 3.36. The summed E-state index contributed by atoms with van der Waals surface area (Å²) in [5, 5.41) is 14.8. The summed E-state index contributed by atoms with van der Waals surface area (Å²) in [6.07, 6.45) is 5.35. The average Bonchev–Trinajstić information content (AvgIpc) is 2.53. The standard InChI is InChI=1S/C16H26BN4O3/c1-10(2)7-12(15(22)21-14(17-24)8-11(3)4)20-16(23)13-9-18-5-6-19-13/h5-6,9-12,14,24H,7-8H2,1-4H3,(H,20,23)(H,21,22). The molecule has 1 radical (unpaired) electrons. The minimum atomic E-state index is -0.700. The molecule has 7 nitrogen and oxygen atoms in total. The first kappa shape index (κ1) is 20.1. The number of nitrogens with one attached hydrogen (secondary N) is 2. The van der Waals surface area contributed by atoms with Crippen molar-refractivity contribution in [3.63, 3.8) is 0 Å². The van der Waals surface area contributed by atoms with Crippen LogP contribution in [0.5, 0.6) is 0 Å². The molecule has 0 spiro atoms. The van der Waals surface area contributed by atoms with Crippen molar-refractivity contribution >= 4 is 19.3 Å². The molecular weight excluding hydrogens is 307 g/mol. The van der Waals surface area contributed by atoms with Gasteiger partial charge in [-0.2, -0.15) is 0 Å². The zero-order chi connectivity index (χ0) is 18.1. The molecule has 8 heteroatoms. The molecule has 24 heavy (non-hydrogen) atoms. The summed E-state index contributed by atoms with van der Waals surface area (Å²) in [5.41, 5.74) is 0.159. The Bertz CT molecular complexity index is 525. The van der Waals surface area contributed by atoms with E-state index < -0.39 is 17.9 Å². The Labute approximate surface area is 143 Å². The Balaban J connectivity index is 2.76. The summed E-state index contributed by atoms with van der Waals surface area (Å²) in [7, 11) is 0.981. The van der Waals surface area contributed by atoms with Gasteiger partial charge in [-0.05, 0) is 24.7 Å². The molecule has 1 aromatic rings. The van der Waals surface area contributed by atoms with Crippen LogP contribution in [0.2, 0.25) is 0 Å². The van der Waals surface area contributed by atoms with Crippen molar-refractivity contribution in [3.05, 3.63) is 24.3 Å². The molecule has 0 aliphatic rings. The van der Waals surface area contributed by atoms with Crippen LogP contribution in [0.25, 0.3) is 0 Å². The fraction of sp³-hybridized carbons (Fsp3) is 0.625. The van der Waals surface area contributed by atoms with Crippen molar-refractivity contribution < 1.29 is 14.6 Å². The highest BCUT2D eigenvalue weighted by molar-refractivity contribution is 6.28. The van der Waals surface area contributed by atoms with E-state index in [4.69, 9.17) is 0 Å². The van der Waals surface area contributed by atoms with Gasteiger partial charge >= 0.3 is 7.48 Å². The van der Waals surface area contributed by atoms with Crippen LogP contribution in [0.4, 0.5) is 0 Å². The van der Waals surface area contributed by atoms with Gasteiger partial charge in [-0.1, -0.05) is 27.7 Å².